The number of benzene rings is 2. The van der Waals surface area contributed by atoms with Crippen LogP contribution in [0.25, 0.3) is 22.0 Å². The van der Waals surface area contributed by atoms with Crippen LogP contribution in [0.4, 0.5) is 19.0 Å². The van der Waals surface area contributed by atoms with Gasteiger partial charge in [0.05, 0.1) is 5.56 Å². The molecule has 0 aliphatic carbocycles. The summed E-state index contributed by atoms with van der Waals surface area (Å²) in [6, 6.07) is 21.2. The van der Waals surface area contributed by atoms with E-state index in [9.17, 15) is 13.2 Å². The first-order valence-electron chi connectivity index (χ1n) is 11.2. The van der Waals surface area contributed by atoms with E-state index in [1.807, 2.05) is 12.1 Å². The van der Waals surface area contributed by atoms with Crippen molar-refractivity contribution in [3.8, 4) is 17.2 Å². The molecule has 0 bridgehead atoms. The minimum Gasteiger partial charge on any atom is -0.367 e. The second-order valence-electron chi connectivity index (χ2n) is 8.49. The molecular weight excluding hydrogens is 471 g/mol. The summed E-state index contributed by atoms with van der Waals surface area (Å²) in [6.45, 7) is 1.74. The van der Waals surface area contributed by atoms with Gasteiger partial charge in [-0.3, -0.25) is 0 Å². The Hall–Kier alpha value is -3.48. The summed E-state index contributed by atoms with van der Waals surface area (Å²) in [5.41, 5.74) is 2.96. The molecule has 1 aliphatic heterocycles. The van der Waals surface area contributed by atoms with E-state index in [0.29, 0.717) is 11.5 Å². The molecule has 2 N–H and O–H groups in total. The zero-order valence-corrected chi connectivity index (χ0v) is 19.5. The molecule has 35 heavy (non-hydrogen) atoms. The van der Waals surface area contributed by atoms with Crippen LogP contribution in [0.1, 0.15) is 24.1 Å². The highest BCUT2D eigenvalue weighted by Crippen LogP contribution is 2.31. The fourth-order valence-electron chi connectivity index (χ4n) is 4.17. The lowest BCUT2D eigenvalue weighted by molar-refractivity contribution is -0.137. The quantitative estimate of drug-likeness (QED) is 0.303. The van der Waals surface area contributed by atoms with E-state index in [4.69, 9.17) is 5.26 Å². The topological polar surface area (TPSA) is 67.7 Å². The molecule has 0 unspecified atom stereocenters. The maximum atomic E-state index is 12.7. The Morgan fingerprint density at radius 3 is 2.40 bits per heavy atom. The number of nitrogens with one attached hydrogen (secondary N) is 2. The molecule has 0 radical (unpaired) electrons. The van der Waals surface area contributed by atoms with Crippen molar-refractivity contribution >= 4 is 28.7 Å². The van der Waals surface area contributed by atoms with Crippen molar-refractivity contribution in [3.63, 3.8) is 0 Å². The molecule has 0 atom stereocenters. The molecule has 4 aromatic rings. The summed E-state index contributed by atoms with van der Waals surface area (Å²) in [5, 5.41) is 13.3. The van der Waals surface area contributed by atoms with Gasteiger partial charge in [-0.15, -0.1) is 0 Å². The van der Waals surface area contributed by atoms with Crippen LogP contribution in [-0.4, -0.2) is 33.4 Å². The van der Waals surface area contributed by atoms with E-state index >= 15 is 0 Å². The first-order chi connectivity index (χ1) is 16.9. The summed E-state index contributed by atoms with van der Waals surface area (Å²) in [5.74, 6) is 0.473. The Labute approximate surface area is 205 Å². The largest absolute Gasteiger partial charge is 0.417 e. The number of pyridine rings is 1. The summed E-state index contributed by atoms with van der Waals surface area (Å²) in [4.78, 5) is 8.19. The number of alkyl halides is 3. The van der Waals surface area contributed by atoms with Crippen LogP contribution in [0.5, 0.6) is 0 Å². The molecular formula is C26H22F3N5S. The van der Waals surface area contributed by atoms with Crippen LogP contribution >= 0.6 is 11.9 Å². The molecule has 3 heterocycles. The van der Waals surface area contributed by atoms with Gasteiger partial charge in [0.25, 0.3) is 0 Å². The van der Waals surface area contributed by atoms with E-state index in [2.05, 4.69) is 62.1 Å². The summed E-state index contributed by atoms with van der Waals surface area (Å²) in [6.07, 6.45) is -1.73. The molecule has 1 aliphatic rings. The Morgan fingerprint density at radius 2 is 1.74 bits per heavy atom. The Bertz CT molecular complexity index is 1350. The van der Waals surface area contributed by atoms with Crippen LogP contribution in [0.2, 0.25) is 0 Å². The number of anilines is 1. The number of hydrogen-bond acceptors (Lipinski definition) is 5. The lowest BCUT2D eigenvalue weighted by Gasteiger charge is -2.31. The number of piperidine rings is 1. The number of aromatic amines is 1. The number of fused-ring (bicyclic) bond motifs is 1. The normalized spacial score (nSPS) is 15.3. The Morgan fingerprint density at radius 1 is 1.00 bits per heavy atom. The molecule has 2 aromatic heterocycles. The minimum absolute atomic E-state index is 0.183. The molecule has 5 rings (SSSR count). The molecule has 0 spiro atoms. The molecule has 2 aromatic carbocycles. The number of halogens is 3. The van der Waals surface area contributed by atoms with Gasteiger partial charge in [-0.1, -0.05) is 24.3 Å². The van der Waals surface area contributed by atoms with Crippen LogP contribution in [0.3, 0.4) is 0 Å². The predicted molar refractivity (Wildman–Crippen MR) is 132 cm³/mol. The average molecular weight is 494 g/mol. The van der Waals surface area contributed by atoms with Gasteiger partial charge in [0, 0.05) is 41.1 Å². The zero-order valence-electron chi connectivity index (χ0n) is 18.6. The molecule has 5 nitrogen and oxygen atoms in total. The zero-order chi connectivity index (χ0) is 24.4. The molecule has 1 saturated heterocycles. The fourth-order valence-corrected chi connectivity index (χ4v) is 5.12. The van der Waals surface area contributed by atoms with Crippen molar-refractivity contribution in [1.82, 2.24) is 14.3 Å². The number of H-pyrrole nitrogens is 1. The van der Waals surface area contributed by atoms with Crippen LogP contribution in [0.15, 0.2) is 71.8 Å². The van der Waals surface area contributed by atoms with Gasteiger partial charge in [-0.25, -0.2) is 9.29 Å². The SMILES string of the molecule is N#Cc1cc2ccc(-c3ccc(SN4CCC(Nc5ccc(C(F)(F)F)cn5)CC4)cc3)cc2[nH]1. The van der Waals surface area contributed by atoms with Gasteiger partial charge in [0.2, 0.25) is 0 Å². The third kappa shape index (κ3) is 5.45. The highest BCUT2D eigenvalue weighted by Gasteiger charge is 2.30. The lowest BCUT2D eigenvalue weighted by Crippen LogP contribution is -2.35. The first-order valence-corrected chi connectivity index (χ1v) is 12.0. The van der Waals surface area contributed by atoms with Gasteiger partial charge in [-0.05, 0) is 72.3 Å². The standard InChI is InChI=1S/C26H22F3N5S/c27-26(28,29)20-5-8-25(31-16-20)33-21-9-11-34(12-10-21)35-23-6-3-17(4-7-23)18-1-2-19-13-22(15-30)32-24(19)14-18/h1-8,13-14,16,21,32H,9-12H2,(H,31,33). The van der Waals surface area contributed by atoms with E-state index < -0.39 is 11.7 Å². The third-order valence-corrected chi connectivity index (χ3v) is 7.17. The van der Waals surface area contributed by atoms with Crippen LogP contribution in [-0.2, 0) is 6.18 Å². The molecule has 178 valence electrons. The second kappa shape index (κ2) is 9.64. The van der Waals surface area contributed by atoms with Gasteiger partial charge >= 0.3 is 6.18 Å². The number of hydrogen-bond donors (Lipinski definition) is 2. The molecule has 9 heteroatoms. The van der Waals surface area contributed by atoms with Gasteiger partial charge in [0.1, 0.15) is 17.6 Å². The van der Waals surface area contributed by atoms with Gasteiger partial charge in [-0.2, -0.15) is 18.4 Å². The maximum absolute atomic E-state index is 12.7. The van der Waals surface area contributed by atoms with Crippen molar-refractivity contribution in [2.45, 2.75) is 30.0 Å². The summed E-state index contributed by atoms with van der Waals surface area (Å²) < 4.78 is 40.4. The Balaban J connectivity index is 1.14. The Kier molecular flexibility index (Phi) is 6.41. The molecule has 0 saturated carbocycles. The van der Waals surface area contributed by atoms with Gasteiger partial charge < -0.3 is 10.3 Å². The average Bonchev–Trinajstić information content (AvgIpc) is 3.28. The smallest absolute Gasteiger partial charge is 0.367 e. The van der Waals surface area contributed by atoms with E-state index in [1.165, 1.54) is 6.07 Å². The van der Waals surface area contributed by atoms with Gasteiger partial charge in [0.15, 0.2) is 0 Å². The lowest BCUT2D eigenvalue weighted by atomic mass is 10.0. The van der Waals surface area contributed by atoms with E-state index in [-0.39, 0.29) is 6.04 Å². The summed E-state index contributed by atoms with van der Waals surface area (Å²) in [7, 11) is 0. The maximum Gasteiger partial charge on any atom is 0.417 e. The number of rotatable bonds is 5. The fraction of sp³-hybridized carbons (Fsp3) is 0.231. The third-order valence-electron chi connectivity index (χ3n) is 6.06. The molecule has 0 amide bonds. The van der Waals surface area contributed by atoms with E-state index in [1.54, 1.807) is 11.9 Å². The highest BCUT2D eigenvalue weighted by molar-refractivity contribution is 7.97. The van der Waals surface area contributed by atoms with Crippen molar-refractivity contribution in [2.24, 2.45) is 0 Å². The van der Waals surface area contributed by atoms with Crippen molar-refractivity contribution in [3.05, 3.63) is 78.1 Å². The monoisotopic (exact) mass is 493 g/mol. The minimum atomic E-state index is -4.37. The van der Waals surface area contributed by atoms with Crippen molar-refractivity contribution in [2.75, 3.05) is 18.4 Å². The number of aromatic nitrogens is 2. The summed E-state index contributed by atoms with van der Waals surface area (Å²) >= 11 is 1.71. The van der Waals surface area contributed by atoms with Crippen LogP contribution < -0.4 is 5.32 Å². The van der Waals surface area contributed by atoms with Crippen LogP contribution in [0, 0.1) is 11.3 Å². The highest BCUT2D eigenvalue weighted by atomic mass is 32.2. The van der Waals surface area contributed by atoms with Crippen molar-refractivity contribution < 1.29 is 13.2 Å². The predicted octanol–water partition coefficient (Wildman–Crippen LogP) is 6.70. The number of nitrogens with zero attached hydrogens (tertiary/aromatic N) is 3. The first kappa shape index (κ1) is 23.3. The van der Waals surface area contributed by atoms with E-state index in [0.717, 1.165) is 65.1 Å². The van der Waals surface area contributed by atoms with Crippen molar-refractivity contribution in [1.29, 1.82) is 5.26 Å². The molecule has 1 fully saturated rings. The second-order valence-corrected chi connectivity index (χ2v) is 9.66. The number of nitriles is 1.